The molecule has 1 aliphatic rings. The van der Waals surface area contributed by atoms with Crippen LogP contribution in [0.2, 0.25) is 0 Å². The fourth-order valence-corrected chi connectivity index (χ4v) is 2.58. The smallest absolute Gasteiger partial charge is 0.338 e. The molecule has 20 heavy (non-hydrogen) atoms. The van der Waals surface area contributed by atoms with E-state index in [0.717, 1.165) is 25.7 Å². The molecule has 0 spiro atoms. The minimum absolute atomic E-state index is 0.180. The quantitative estimate of drug-likeness (QED) is 0.860. The standard InChI is InChI=1S/C16H21NO3/c1-2-20-16(19)14-11-7-6-10-13(14)15(18)17-12-8-4-3-5-9-12/h6-7,10-12H,2-5,8-9H2,1H3,(H,17,18). The van der Waals surface area contributed by atoms with Crippen molar-refractivity contribution in [3.05, 3.63) is 35.4 Å². The Morgan fingerprint density at radius 1 is 1.15 bits per heavy atom. The van der Waals surface area contributed by atoms with Crippen molar-refractivity contribution in [2.24, 2.45) is 0 Å². The van der Waals surface area contributed by atoms with Gasteiger partial charge in [0.2, 0.25) is 0 Å². The monoisotopic (exact) mass is 275 g/mol. The van der Waals surface area contributed by atoms with E-state index in [1.807, 2.05) is 0 Å². The van der Waals surface area contributed by atoms with E-state index in [0.29, 0.717) is 17.7 Å². The zero-order valence-electron chi connectivity index (χ0n) is 11.9. The molecule has 4 nitrogen and oxygen atoms in total. The van der Waals surface area contributed by atoms with E-state index >= 15 is 0 Å². The van der Waals surface area contributed by atoms with Crippen LogP contribution < -0.4 is 5.32 Å². The van der Waals surface area contributed by atoms with Gasteiger partial charge in [-0.2, -0.15) is 0 Å². The third kappa shape index (κ3) is 3.59. The van der Waals surface area contributed by atoms with Crippen LogP contribution in [0.25, 0.3) is 0 Å². The first-order valence-electron chi connectivity index (χ1n) is 7.29. The third-order valence-electron chi connectivity index (χ3n) is 3.61. The summed E-state index contributed by atoms with van der Waals surface area (Å²) in [5, 5.41) is 3.03. The highest BCUT2D eigenvalue weighted by molar-refractivity contribution is 6.05. The lowest BCUT2D eigenvalue weighted by atomic mass is 9.95. The summed E-state index contributed by atoms with van der Waals surface area (Å²) < 4.78 is 4.99. The summed E-state index contributed by atoms with van der Waals surface area (Å²) in [6, 6.07) is 7.03. The second-order valence-corrected chi connectivity index (χ2v) is 5.07. The number of hydrogen-bond donors (Lipinski definition) is 1. The molecule has 0 unspecified atom stereocenters. The molecule has 108 valence electrons. The lowest BCUT2D eigenvalue weighted by Gasteiger charge is -2.23. The summed E-state index contributed by atoms with van der Waals surface area (Å²) in [5.74, 6) is -0.623. The summed E-state index contributed by atoms with van der Waals surface area (Å²) in [7, 11) is 0. The average molecular weight is 275 g/mol. The van der Waals surface area contributed by atoms with Gasteiger partial charge in [0.05, 0.1) is 17.7 Å². The first-order valence-corrected chi connectivity index (χ1v) is 7.29. The van der Waals surface area contributed by atoms with Gasteiger partial charge in [0.15, 0.2) is 0 Å². The topological polar surface area (TPSA) is 55.4 Å². The van der Waals surface area contributed by atoms with Crippen LogP contribution in [0.15, 0.2) is 24.3 Å². The molecule has 1 aromatic carbocycles. The number of carbonyl (C=O) groups excluding carboxylic acids is 2. The Balaban J connectivity index is 2.10. The van der Waals surface area contributed by atoms with Crippen molar-refractivity contribution in [2.45, 2.75) is 45.1 Å². The first kappa shape index (κ1) is 14.6. The van der Waals surface area contributed by atoms with Gasteiger partial charge >= 0.3 is 5.97 Å². The molecule has 0 aromatic heterocycles. The van der Waals surface area contributed by atoms with E-state index in [4.69, 9.17) is 4.74 Å². The van der Waals surface area contributed by atoms with Crippen molar-refractivity contribution in [3.8, 4) is 0 Å². The molecule has 0 aliphatic heterocycles. The molecule has 4 heteroatoms. The van der Waals surface area contributed by atoms with E-state index in [9.17, 15) is 9.59 Å². The molecule has 0 bridgehead atoms. The van der Waals surface area contributed by atoms with Crippen LogP contribution in [0.4, 0.5) is 0 Å². The maximum atomic E-state index is 12.3. The Morgan fingerprint density at radius 3 is 2.45 bits per heavy atom. The lowest BCUT2D eigenvalue weighted by Crippen LogP contribution is -2.36. The van der Waals surface area contributed by atoms with E-state index in [2.05, 4.69) is 5.32 Å². The van der Waals surface area contributed by atoms with Crippen molar-refractivity contribution < 1.29 is 14.3 Å². The zero-order valence-corrected chi connectivity index (χ0v) is 11.9. The van der Waals surface area contributed by atoms with Crippen molar-refractivity contribution in [2.75, 3.05) is 6.61 Å². The van der Waals surface area contributed by atoms with E-state index in [-0.39, 0.29) is 11.9 Å². The second kappa shape index (κ2) is 7.08. The van der Waals surface area contributed by atoms with Gasteiger partial charge in [-0.1, -0.05) is 31.4 Å². The van der Waals surface area contributed by atoms with Crippen LogP contribution in [0, 0.1) is 0 Å². The average Bonchev–Trinajstić information content (AvgIpc) is 2.48. The normalized spacial score (nSPS) is 15.7. The highest BCUT2D eigenvalue weighted by Crippen LogP contribution is 2.18. The Kier molecular flexibility index (Phi) is 5.16. The lowest BCUT2D eigenvalue weighted by molar-refractivity contribution is 0.0522. The Hall–Kier alpha value is -1.84. The number of ether oxygens (including phenoxy) is 1. The molecule has 1 aliphatic carbocycles. The maximum Gasteiger partial charge on any atom is 0.338 e. The van der Waals surface area contributed by atoms with Gasteiger partial charge in [-0.15, -0.1) is 0 Å². The molecule has 1 N–H and O–H groups in total. The molecule has 1 fully saturated rings. The van der Waals surface area contributed by atoms with Crippen molar-refractivity contribution in [3.63, 3.8) is 0 Å². The van der Waals surface area contributed by atoms with Crippen molar-refractivity contribution in [1.29, 1.82) is 0 Å². The first-order chi connectivity index (χ1) is 9.72. The minimum Gasteiger partial charge on any atom is -0.462 e. The molecular weight excluding hydrogens is 254 g/mol. The van der Waals surface area contributed by atoms with Crippen LogP contribution in [0.1, 0.15) is 59.7 Å². The second-order valence-electron chi connectivity index (χ2n) is 5.07. The molecule has 0 atom stereocenters. The number of rotatable bonds is 4. The Morgan fingerprint density at radius 2 is 1.80 bits per heavy atom. The summed E-state index contributed by atoms with van der Waals surface area (Å²) in [4.78, 5) is 24.2. The maximum absolute atomic E-state index is 12.3. The van der Waals surface area contributed by atoms with Crippen LogP contribution in [-0.2, 0) is 4.74 Å². The SMILES string of the molecule is CCOC(=O)c1ccccc1C(=O)NC1CCCCC1. The minimum atomic E-state index is -0.443. The molecule has 1 saturated carbocycles. The van der Waals surface area contributed by atoms with Gasteiger partial charge < -0.3 is 10.1 Å². The molecule has 0 radical (unpaired) electrons. The number of carbonyl (C=O) groups is 2. The molecule has 2 rings (SSSR count). The summed E-state index contributed by atoms with van der Waals surface area (Å²) in [6.07, 6.45) is 5.60. The van der Waals surface area contributed by atoms with Crippen molar-refractivity contribution in [1.82, 2.24) is 5.32 Å². The van der Waals surface area contributed by atoms with E-state index < -0.39 is 5.97 Å². The summed E-state index contributed by atoms with van der Waals surface area (Å²) in [5.41, 5.74) is 0.735. The highest BCUT2D eigenvalue weighted by atomic mass is 16.5. The molecular formula is C16H21NO3. The molecule has 1 aromatic rings. The third-order valence-corrected chi connectivity index (χ3v) is 3.61. The molecule has 0 heterocycles. The molecule has 0 saturated heterocycles. The number of esters is 1. The van der Waals surface area contributed by atoms with E-state index in [1.54, 1.807) is 31.2 Å². The van der Waals surface area contributed by atoms with Gasteiger partial charge in [-0.05, 0) is 31.9 Å². The van der Waals surface area contributed by atoms with Crippen LogP contribution in [0.3, 0.4) is 0 Å². The predicted molar refractivity (Wildman–Crippen MR) is 76.7 cm³/mol. The van der Waals surface area contributed by atoms with Gasteiger partial charge in [-0.25, -0.2) is 4.79 Å². The van der Waals surface area contributed by atoms with Crippen LogP contribution >= 0.6 is 0 Å². The van der Waals surface area contributed by atoms with Crippen LogP contribution in [0.5, 0.6) is 0 Å². The Labute approximate surface area is 119 Å². The molecule has 1 amide bonds. The van der Waals surface area contributed by atoms with Gasteiger partial charge in [0.25, 0.3) is 5.91 Å². The fraction of sp³-hybridized carbons (Fsp3) is 0.500. The van der Waals surface area contributed by atoms with Gasteiger partial charge in [0.1, 0.15) is 0 Å². The summed E-state index contributed by atoms with van der Waals surface area (Å²) >= 11 is 0. The largest absolute Gasteiger partial charge is 0.462 e. The number of benzene rings is 1. The zero-order chi connectivity index (χ0) is 14.4. The summed E-state index contributed by atoms with van der Waals surface area (Å²) in [6.45, 7) is 2.06. The Bertz CT molecular complexity index is 478. The van der Waals surface area contributed by atoms with E-state index in [1.165, 1.54) is 6.42 Å². The van der Waals surface area contributed by atoms with Crippen molar-refractivity contribution >= 4 is 11.9 Å². The van der Waals surface area contributed by atoms with Gasteiger partial charge in [0, 0.05) is 6.04 Å². The number of hydrogen-bond acceptors (Lipinski definition) is 3. The fourth-order valence-electron chi connectivity index (χ4n) is 2.58. The van der Waals surface area contributed by atoms with Crippen LogP contribution in [-0.4, -0.2) is 24.5 Å². The highest BCUT2D eigenvalue weighted by Gasteiger charge is 2.21. The number of amides is 1. The predicted octanol–water partition coefficient (Wildman–Crippen LogP) is 2.93. The number of nitrogens with one attached hydrogen (secondary N) is 1. The van der Waals surface area contributed by atoms with Gasteiger partial charge in [-0.3, -0.25) is 4.79 Å².